The van der Waals surface area contributed by atoms with Gasteiger partial charge in [-0.25, -0.2) is 0 Å². The number of ether oxygens (including phenoxy) is 2. The van der Waals surface area contributed by atoms with Crippen molar-refractivity contribution < 1.29 is 19.7 Å². The van der Waals surface area contributed by atoms with Crippen LogP contribution in [0.15, 0.2) is 17.2 Å². The third-order valence-electron chi connectivity index (χ3n) is 3.47. The van der Waals surface area contributed by atoms with Crippen molar-refractivity contribution in [3.05, 3.63) is 17.2 Å². The molecule has 82 valence electrons. The molecule has 5 atom stereocenters. The first-order chi connectivity index (χ1) is 7.10. The molecule has 1 saturated carbocycles. The van der Waals surface area contributed by atoms with Crippen LogP contribution in [0.5, 0.6) is 0 Å². The van der Waals surface area contributed by atoms with Gasteiger partial charge in [0, 0.05) is 0 Å². The van der Waals surface area contributed by atoms with Crippen molar-refractivity contribution >= 4 is 0 Å². The second-order valence-corrected chi connectivity index (χ2v) is 4.33. The number of aliphatic hydroxyl groups excluding tert-OH is 2. The molecule has 1 spiro atoms. The topological polar surface area (TPSA) is 84.9 Å². The summed E-state index contributed by atoms with van der Waals surface area (Å²) in [6.07, 6.45) is -1.26. The molecule has 0 aromatic rings. The van der Waals surface area contributed by atoms with Gasteiger partial charge in [0.25, 0.3) is 0 Å². The van der Waals surface area contributed by atoms with E-state index in [9.17, 15) is 5.11 Å². The van der Waals surface area contributed by atoms with Crippen molar-refractivity contribution in [2.45, 2.75) is 24.9 Å². The van der Waals surface area contributed by atoms with E-state index in [0.717, 1.165) is 5.57 Å². The predicted molar refractivity (Wildman–Crippen MR) is 49.2 cm³/mol. The standard InChI is InChI=1S/C10H13NO4/c1-4-2-6(11)15-10-7(4)8(10)9(13)5(3-12)14-10/h5,7-9,12-13H,3,11H2,1H3. The van der Waals surface area contributed by atoms with Crippen molar-refractivity contribution in [3.8, 4) is 0 Å². The summed E-state index contributed by atoms with van der Waals surface area (Å²) in [5.41, 5.74) is 9.39. The first-order valence-electron chi connectivity index (χ1n) is 4.99. The van der Waals surface area contributed by atoms with E-state index in [-0.39, 0.29) is 24.3 Å². The minimum absolute atomic E-state index is 0.0302. The van der Waals surface area contributed by atoms with Crippen molar-refractivity contribution in [2.75, 3.05) is 6.61 Å². The summed E-state index contributed by atoms with van der Waals surface area (Å²) < 4.78 is 11.0. The zero-order valence-corrected chi connectivity index (χ0v) is 8.30. The second kappa shape index (κ2) is 2.57. The van der Waals surface area contributed by atoms with Crippen LogP contribution in [0.3, 0.4) is 0 Å². The Morgan fingerprint density at radius 3 is 3.00 bits per heavy atom. The third kappa shape index (κ3) is 0.936. The lowest BCUT2D eigenvalue weighted by Gasteiger charge is -2.24. The molecule has 2 heterocycles. The van der Waals surface area contributed by atoms with E-state index in [1.165, 1.54) is 0 Å². The van der Waals surface area contributed by atoms with Gasteiger partial charge >= 0.3 is 0 Å². The van der Waals surface area contributed by atoms with E-state index in [0.29, 0.717) is 0 Å². The van der Waals surface area contributed by atoms with E-state index in [4.69, 9.17) is 20.3 Å². The predicted octanol–water partition coefficient (Wildman–Crippen LogP) is -0.944. The van der Waals surface area contributed by atoms with Gasteiger partial charge in [-0.1, -0.05) is 5.73 Å². The van der Waals surface area contributed by atoms with Gasteiger partial charge in [-0.2, -0.15) is 0 Å². The maximum absolute atomic E-state index is 9.87. The van der Waals surface area contributed by atoms with Gasteiger partial charge in [0.2, 0.25) is 11.7 Å². The molecule has 2 aliphatic heterocycles. The largest absolute Gasteiger partial charge is 0.440 e. The highest BCUT2D eigenvalue weighted by Crippen LogP contribution is 2.66. The average molecular weight is 211 g/mol. The molecular formula is C10H13NO4. The van der Waals surface area contributed by atoms with Crippen molar-refractivity contribution in [1.82, 2.24) is 0 Å². The van der Waals surface area contributed by atoms with E-state index in [2.05, 4.69) is 5.73 Å². The van der Waals surface area contributed by atoms with Crippen LogP contribution in [0.1, 0.15) is 6.92 Å². The van der Waals surface area contributed by atoms with Crippen LogP contribution in [-0.4, -0.2) is 34.8 Å². The van der Waals surface area contributed by atoms with Gasteiger partial charge < -0.3 is 25.4 Å². The van der Waals surface area contributed by atoms with Gasteiger partial charge in [-0.15, -0.1) is 0 Å². The monoisotopic (exact) mass is 211 g/mol. The van der Waals surface area contributed by atoms with E-state index >= 15 is 0 Å². The molecule has 4 N–H and O–H groups in total. The van der Waals surface area contributed by atoms with Gasteiger partial charge in [0.15, 0.2) is 0 Å². The van der Waals surface area contributed by atoms with E-state index in [1.807, 2.05) is 6.92 Å². The minimum Gasteiger partial charge on any atom is -0.440 e. The summed E-state index contributed by atoms with van der Waals surface area (Å²) in [5.74, 6) is -0.727. The lowest BCUT2D eigenvalue weighted by molar-refractivity contribution is -0.176. The summed E-state index contributed by atoms with van der Waals surface area (Å²) >= 11 is 0. The van der Waals surface area contributed by atoms with Crippen LogP contribution in [0.4, 0.5) is 0 Å². The average Bonchev–Trinajstić information content (AvgIpc) is 2.74. The molecule has 3 rings (SSSR count). The van der Waals surface area contributed by atoms with Crippen LogP contribution in [0, 0.1) is 11.8 Å². The van der Waals surface area contributed by atoms with Crippen LogP contribution in [0.2, 0.25) is 0 Å². The molecule has 0 radical (unpaired) electrons. The molecule has 0 aromatic carbocycles. The zero-order valence-electron chi connectivity index (χ0n) is 8.30. The number of fused-ring (bicyclic) bond motifs is 1. The molecule has 5 heteroatoms. The molecule has 0 amide bonds. The van der Waals surface area contributed by atoms with Crippen molar-refractivity contribution in [3.63, 3.8) is 0 Å². The Labute approximate surface area is 86.8 Å². The van der Waals surface area contributed by atoms with Crippen LogP contribution >= 0.6 is 0 Å². The number of hydrogen-bond donors (Lipinski definition) is 3. The van der Waals surface area contributed by atoms with Crippen LogP contribution in [0.25, 0.3) is 0 Å². The van der Waals surface area contributed by atoms with Gasteiger partial charge in [-0.05, 0) is 12.5 Å². The van der Waals surface area contributed by atoms with Gasteiger partial charge in [-0.3, -0.25) is 0 Å². The summed E-state index contributed by atoms with van der Waals surface area (Å²) in [6, 6.07) is 0. The summed E-state index contributed by atoms with van der Waals surface area (Å²) in [4.78, 5) is 0. The fraction of sp³-hybridized carbons (Fsp3) is 0.700. The normalized spacial score (nSPS) is 51.1. The fourth-order valence-corrected chi connectivity index (χ4v) is 2.83. The first kappa shape index (κ1) is 9.24. The molecular weight excluding hydrogens is 198 g/mol. The van der Waals surface area contributed by atoms with Crippen molar-refractivity contribution in [2.24, 2.45) is 17.6 Å². The van der Waals surface area contributed by atoms with E-state index < -0.39 is 18.0 Å². The molecule has 2 fully saturated rings. The summed E-state index contributed by atoms with van der Waals surface area (Å²) in [6.45, 7) is 1.69. The van der Waals surface area contributed by atoms with Gasteiger partial charge in [0.1, 0.15) is 6.10 Å². The third-order valence-corrected chi connectivity index (χ3v) is 3.47. The minimum atomic E-state index is -0.827. The summed E-state index contributed by atoms with van der Waals surface area (Å²) in [5, 5.41) is 18.9. The lowest BCUT2D eigenvalue weighted by atomic mass is 10.1. The smallest absolute Gasteiger partial charge is 0.233 e. The zero-order chi connectivity index (χ0) is 10.8. The van der Waals surface area contributed by atoms with Crippen molar-refractivity contribution in [1.29, 1.82) is 0 Å². The number of aliphatic hydroxyl groups is 2. The quantitative estimate of drug-likeness (QED) is 0.487. The first-order valence-corrected chi connectivity index (χ1v) is 4.99. The highest BCUT2D eigenvalue weighted by molar-refractivity contribution is 5.32. The van der Waals surface area contributed by atoms with E-state index in [1.54, 1.807) is 0 Å². The number of rotatable bonds is 1. The molecule has 0 aromatic heterocycles. The Hall–Kier alpha value is -1.00. The molecule has 15 heavy (non-hydrogen) atoms. The number of hydrogen-bond acceptors (Lipinski definition) is 5. The number of nitrogens with two attached hydrogens (primary N) is 1. The van der Waals surface area contributed by atoms with Gasteiger partial charge in [0.05, 0.1) is 24.5 Å². The van der Waals surface area contributed by atoms with Crippen LogP contribution in [-0.2, 0) is 9.47 Å². The molecule has 3 aliphatic rings. The Bertz CT molecular complexity index is 387. The van der Waals surface area contributed by atoms with Crippen LogP contribution < -0.4 is 5.73 Å². The Kier molecular flexibility index (Phi) is 1.58. The molecule has 5 unspecified atom stereocenters. The maximum atomic E-state index is 9.87. The highest BCUT2D eigenvalue weighted by atomic mass is 16.7. The molecule has 0 bridgehead atoms. The fourth-order valence-electron chi connectivity index (χ4n) is 2.83. The Balaban J connectivity index is 1.93. The molecule has 5 nitrogen and oxygen atoms in total. The highest BCUT2D eigenvalue weighted by Gasteiger charge is 2.79. The molecule has 1 saturated heterocycles. The Morgan fingerprint density at radius 1 is 1.60 bits per heavy atom. The SMILES string of the molecule is CC1=C=C(N)OC23OC(CO)C(O)C2C13. The summed E-state index contributed by atoms with van der Waals surface area (Å²) in [7, 11) is 0. The Morgan fingerprint density at radius 2 is 2.33 bits per heavy atom. The molecule has 1 aliphatic carbocycles. The lowest BCUT2D eigenvalue weighted by Crippen LogP contribution is -2.34. The maximum Gasteiger partial charge on any atom is 0.233 e. The second-order valence-electron chi connectivity index (χ2n) is 4.33.